The van der Waals surface area contributed by atoms with Gasteiger partial charge in [0.25, 0.3) is 0 Å². The second-order valence-electron chi connectivity index (χ2n) is 11.0. The van der Waals surface area contributed by atoms with E-state index in [1.54, 1.807) is 32.1 Å². The van der Waals surface area contributed by atoms with Crippen LogP contribution in [0.1, 0.15) is 91.3 Å². The lowest BCUT2D eigenvalue weighted by molar-refractivity contribution is -0.160. The molecule has 2 N–H and O–H groups in total. The van der Waals surface area contributed by atoms with Crippen LogP contribution in [-0.2, 0) is 14.3 Å². The number of thiazole rings is 1. The van der Waals surface area contributed by atoms with E-state index in [1.807, 2.05) is 39.2 Å². The first-order valence-electron chi connectivity index (χ1n) is 12.6. The summed E-state index contributed by atoms with van der Waals surface area (Å²) in [6, 6.07) is 0. The van der Waals surface area contributed by atoms with Gasteiger partial charge in [-0.3, -0.25) is 9.59 Å². The SMILES string of the molecule is C/C1=C/CC(C)(/C(C)=C/c2csc(C)n2)OC(=O)CC(O)C(C)(C)C(=O)C(C)C(O)C(C)CCC1. The van der Waals surface area contributed by atoms with Gasteiger partial charge in [0.1, 0.15) is 11.4 Å². The van der Waals surface area contributed by atoms with E-state index in [9.17, 15) is 19.8 Å². The number of aliphatic hydroxyl groups excluding tert-OH is 2. The van der Waals surface area contributed by atoms with Crippen LogP contribution in [0.15, 0.2) is 22.6 Å². The van der Waals surface area contributed by atoms with E-state index in [2.05, 4.69) is 18.0 Å². The Morgan fingerprint density at radius 3 is 2.46 bits per heavy atom. The molecule has 7 heteroatoms. The standard InChI is InChI=1S/C28H43NO5S/c1-17-10-9-11-18(2)25(32)20(4)26(33)27(6,7)23(30)15-24(31)34-28(8,13-12-17)19(3)14-22-16-35-21(5)29-22/h12,14,16,18,20,23,25,30,32H,9-11,13,15H2,1-8H3/b17-12-,19-14+. The van der Waals surface area contributed by atoms with Crippen molar-refractivity contribution in [1.82, 2.24) is 4.98 Å². The number of ketones is 1. The molecule has 0 saturated carbocycles. The molecule has 6 nitrogen and oxygen atoms in total. The van der Waals surface area contributed by atoms with Gasteiger partial charge in [-0.1, -0.05) is 39.3 Å². The van der Waals surface area contributed by atoms with Crippen LogP contribution in [-0.4, -0.2) is 44.8 Å². The highest BCUT2D eigenvalue weighted by atomic mass is 32.1. The molecular weight excluding hydrogens is 462 g/mol. The van der Waals surface area contributed by atoms with Gasteiger partial charge in [0.05, 0.1) is 34.7 Å². The second kappa shape index (κ2) is 11.9. The molecule has 0 radical (unpaired) electrons. The van der Waals surface area contributed by atoms with Crippen molar-refractivity contribution in [3.05, 3.63) is 33.3 Å². The molecule has 1 aliphatic heterocycles. The number of ether oxygens (including phenoxy) is 1. The molecule has 0 spiro atoms. The third kappa shape index (κ3) is 7.58. The first kappa shape index (κ1) is 29.4. The Labute approximate surface area is 214 Å². The van der Waals surface area contributed by atoms with Crippen molar-refractivity contribution in [2.24, 2.45) is 17.3 Å². The van der Waals surface area contributed by atoms with Gasteiger partial charge in [0.2, 0.25) is 0 Å². The Morgan fingerprint density at radius 1 is 1.20 bits per heavy atom. The summed E-state index contributed by atoms with van der Waals surface area (Å²) in [7, 11) is 0. The predicted octanol–water partition coefficient (Wildman–Crippen LogP) is 5.66. The van der Waals surface area contributed by atoms with E-state index in [1.165, 1.54) is 5.57 Å². The topological polar surface area (TPSA) is 96.7 Å². The van der Waals surface area contributed by atoms with Crippen LogP contribution in [0.4, 0.5) is 0 Å². The van der Waals surface area contributed by atoms with E-state index in [0.717, 1.165) is 35.5 Å². The van der Waals surface area contributed by atoms with E-state index in [0.29, 0.717) is 6.42 Å². The molecule has 0 aromatic carbocycles. The molecule has 1 aromatic heterocycles. The van der Waals surface area contributed by atoms with Crippen molar-refractivity contribution < 1.29 is 24.5 Å². The van der Waals surface area contributed by atoms with Gasteiger partial charge in [-0.15, -0.1) is 11.3 Å². The van der Waals surface area contributed by atoms with Crippen molar-refractivity contribution in [3.63, 3.8) is 0 Å². The maximum Gasteiger partial charge on any atom is 0.309 e. The molecule has 2 rings (SSSR count). The number of hydrogen-bond donors (Lipinski definition) is 2. The minimum absolute atomic E-state index is 0.0513. The number of aliphatic hydroxyl groups is 2. The van der Waals surface area contributed by atoms with Crippen LogP contribution in [0, 0.1) is 24.2 Å². The predicted molar refractivity (Wildman–Crippen MR) is 141 cm³/mol. The normalized spacial score (nSPS) is 33.7. The Morgan fingerprint density at radius 2 is 1.86 bits per heavy atom. The van der Waals surface area contributed by atoms with Crippen molar-refractivity contribution in [2.45, 2.75) is 105 Å². The highest BCUT2D eigenvalue weighted by molar-refractivity contribution is 7.09. The van der Waals surface area contributed by atoms with E-state index >= 15 is 0 Å². The number of allylic oxidation sites excluding steroid dienone is 1. The van der Waals surface area contributed by atoms with Gasteiger partial charge in [-0.2, -0.15) is 0 Å². The van der Waals surface area contributed by atoms with Crippen molar-refractivity contribution in [1.29, 1.82) is 0 Å². The lowest BCUT2D eigenvalue weighted by atomic mass is 9.73. The Balaban J connectivity index is 2.41. The van der Waals surface area contributed by atoms with Gasteiger partial charge in [-0.25, -0.2) is 4.98 Å². The number of carbonyl (C=O) groups excluding carboxylic acids is 2. The zero-order valence-corrected chi connectivity index (χ0v) is 23.4. The summed E-state index contributed by atoms with van der Waals surface area (Å²) in [5, 5.41) is 24.6. The second-order valence-corrected chi connectivity index (χ2v) is 12.1. The molecule has 0 aliphatic carbocycles. The number of rotatable bonds is 2. The highest BCUT2D eigenvalue weighted by Crippen LogP contribution is 2.34. The quantitative estimate of drug-likeness (QED) is 0.398. The number of carbonyl (C=O) groups is 2. The minimum atomic E-state index is -1.23. The zero-order valence-electron chi connectivity index (χ0n) is 22.6. The molecule has 0 amide bonds. The van der Waals surface area contributed by atoms with E-state index < -0.39 is 35.1 Å². The Bertz CT molecular complexity index is 962. The van der Waals surface area contributed by atoms with Crippen LogP contribution < -0.4 is 0 Å². The lowest BCUT2D eigenvalue weighted by Gasteiger charge is -2.35. The maximum atomic E-state index is 13.2. The van der Waals surface area contributed by atoms with E-state index in [-0.39, 0.29) is 18.1 Å². The third-order valence-electron chi connectivity index (χ3n) is 7.58. The smallest absolute Gasteiger partial charge is 0.309 e. The van der Waals surface area contributed by atoms with Crippen LogP contribution in [0.2, 0.25) is 0 Å². The highest BCUT2D eigenvalue weighted by Gasteiger charge is 2.43. The molecule has 0 fully saturated rings. The number of aromatic nitrogens is 1. The van der Waals surface area contributed by atoms with Crippen molar-refractivity contribution in [2.75, 3.05) is 0 Å². The third-order valence-corrected chi connectivity index (χ3v) is 8.37. The van der Waals surface area contributed by atoms with Crippen LogP contribution in [0.5, 0.6) is 0 Å². The molecule has 196 valence electrons. The molecule has 5 unspecified atom stereocenters. The number of esters is 1. The molecule has 1 aromatic rings. The fraction of sp³-hybridized carbons (Fsp3) is 0.679. The molecule has 2 heterocycles. The van der Waals surface area contributed by atoms with Gasteiger partial charge in [-0.05, 0) is 64.5 Å². The first-order valence-corrected chi connectivity index (χ1v) is 13.4. The summed E-state index contributed by atoms with van der Waals surface area (Å²) >= 11 is 1.56. The van der Waals surface area contributed by atoms with E-state index in [4.69, 9.17) is 4.74 Å². The number of hydrogen-bond acceptors (Lipinski definition) is 7. The average Bonchev–Trinajstić information content (AvgIpc) is 3.19. The first-order chi connectivity index (χ1) is 16.2. The van der Waals surface area contributed by atoms with Gasteiger partial charge >= 0.3 is 5.97 Å². The van der Waals surface area contributed by atoms with Gasteiger partial charge < -0.3 is 14.9 Å². The Kier molecular flexibility index (Phi) is 10.0. The summed E-state index contributed by atoms with van der Waals surface area (Å²) < 4.78 is 6.00. The average molecular weight is 506 g/mol. The minimum Gasteiger partial charge on any atom is -0.454 e. The Hall–Kier alpha value is -1.83. The zero-order chi connectivity index (χ0) is 26.6. The fourth-order valence-corrected chi connectivity index (χ4v) is 5.12. The van der Waals surface area contributed by atoms with Crippen LogP contribution in [0.3, 0.4) is 0 Å². The molecule has 35 heavy (non-hydrogen) atoms. The molecule has 5 atom stereocenters. The summed E-state index contributed by atoms with van der Waals surface area (Å²) in [5.74, 6) is -1.52. The van der Waals surface area contributed by atoms with Crippen LogP contribution >= 0.6 is 11.3 Å². The number of cyclic esters (lactones) is 1. The van der Waals surface area contributed by atoms with Gasteiger partial charge in [0, 0.05) is 17.7 Å². The summed E-state index contributed by atoms with van der Waals surface area (Å²) in [5.41, 5.74) is 0.743. The largest absolute Gasteiger partial charge is 0.454 e. The number of Topliss-reactive ketones (excluding diaryl/α,β-unsaturated/α-hetero) is 1. The fourth-order valence-electron chi connectivity index (χ4n) is 4.55. The van der Waals surface area contributed by atoms with Crippen molar-refractivity contribution >= 4 is 29.2 Å². The molecule has 0 saturated heterocycles. The molecular formula is C28H43NO5S. The lowest BCUT2D eigenvalue weighted by Crippen LogP contribution is -2.46. The van der Waals surface area contributed by atoms with Crippen LogP contribution in [0.25, 0.3) is 6.08 Å². The van der Waals surface area contributed by atoms with Gasteiger partial charge in [0.15, 0.2) is 0 Å². The number of nitrogens with zero attached hydrogens (tertiary/aromatic N) is 1. The van der Waals surface area contributed by atoms with Crippen molar-refractivity contribution in [3.8, 4) is 0 Å². The summed E-state index contributed by atoms with van der Waals surface area (Å²) in [6.07, 6.45) is 4.74. The maximum absolute atomic E-state index is 13.2. The number of aryl methyl sites for hydroxylation is 1. The summed E-state index contributed by atoms with van der Waals surface area (Å²) in [6.45, 7) is 14.7. The molecule has 1 aliphatic rings. The monoisotopic (exact) mass is 505 g/mol. The summed E-state index contributed by atoms with van der Waals surface area (Å²) in [4.78, 5) is 30.8. The molecule has 0 bridgehead atoms.